The van der Waals surface area contributed by atoms with Crippen LogP contribution in [0, 0.1) is 17.7 Å². The molecule has 2 saturated carbocycles. The largest absolute Gasteiger partial charge is 0.474 e. The second-order valence-corrected chi connectivity index (χ2v) is 11.7. The first kappa shape index (κ1) is 24.4. The van der Waals surface area contributed by atoms with Crippen LogP contribution in [-0.2, 0) is 12.6 Å². The molecular weight excluding hydrogens is 515 g/mol. The third-order valence-corrected chi connectivity index (χ3v) is 9.05. The van der Waals surface area contributed by atoms with E-state index in [9.17, 15) is 9.18 Å². The van der Waals surface area contributed by atoms with E-state index in [4.69, 9.17) is 15.5 Å². The molecule has 0 bridgehead atoms. The van der Waals surface area contributed by atoms with Gasteiger partial charge in [-0.15, -0.1) is 11.3 Å². The molecule has 1 amide bonds. The SMILES string of the molecule is Cn1nc(-c2cscn2)cc1C(=O)N1C[C@@H]2[C@H](C1)[C@@H]2Oc1cc(C2(N)CCCC2)cc(-c2ccc(F)cc2)n1. The van der Waals surface area contributed by atoms with E-state index < -0.39 is 5.54 Å². The molecule has 0 unspecified atom stereocenters. The van der Waals surface area contributed by atoms with E-state index in [1.165, 1.54) is 23.5 Å². The Labute approximate surface area is 229 Å². The number of carbonyl (C=O) groups is 1. The Hall–Kier alpha value is -3.63. The number of hydrogen-bond acceptors (Lipinski definition) is 7. The van der Waals surface area contributed by atoms with Gasteiger partial charge in [0.15, 0.2) is 0 Å². The molecule has 3 aliphatic rings. The molecule has 3 atom stereocenters. The van der Waals surface area contributed by atoms with Gasteiger partial charge in [-0.25, -0.2) is 14.4 Å². The van der Waals surface area contributed by atoms with Crippen molar-refractivity contribution in [2.45, 2.75) is 37.3 Å². The fourth-order valence-electron chi connectivity index (χ4n) is 6.16. The van der Waals surface area contributed by atoms with Crippen LogP contribution in [0.2, 0.25) is 0 Å². The van der Waals surface area contributed by atoms with Gasteiger partial charge in [-0.2, -0.15) is 5.10 Å². The highest BCUT2D eigenvalue weighted by atomic mass is 32.1. The van der Waals surface area contributed by atoms with E-state index in [-0.39, 0.29) is 29.7 Å². The summed E-state index contributed by atoms with van der Waals surface area (Å²) in [5.41, 5.74) is 12.8. The van der Waals surface area contributed by atoms with Crippen LogP contribution < -0.4 is 10.5 Å². The van der Waals surface area contributed by atoms with E-state index in [1.54, 1.807) is 29.4 Å². The molecule has 7 rings (SSSR count). The van der Waals surface area contributed by atoms with Gasteiger partial charge in [0.25, 0.3) is 5.91 Å². The zero-order valence-electron chi connectivity index (χ0n) is 21.6. The van der Waals surface area contributed by atoms with Gasteiger partial charge >= 0.3 is 0 Å². The maximum Gasteiger partial charge on any atom is 0.272 e. The number of amides is 1. The molecule has 3 aromatic heterocycles. The third-order valence-electron chi connectivity index (χ3n) is 8.47. The van der Waals surface area contributed by atoms with Crippen molar-refractivity contribution in [3.63, 3.8) is 0 Å². The zero-order chi connectivity index (χ0) is 26.7. The lowest BCUT2D eigenvalue weighted by atomic mass is 9.89. The standard InChI is InChI=1S/C29H29FN6O2S/c1-35-25(12-23(34-35)24-15-39-16-32-24)28(37)36-13-20-21(14-36)27(20)38-26-11-18(29(31)8-2-3-9-29)10-22(33-26)17-4-6-19(30)7-5-17/h4-7,10-12,15-16,20-21,27H,2-3,8-9,13-14,31H2,1H3/t20-,21+,27-. The van der Waals surface area contributed by atoms with Gasteiger partial charge in [0, 0.05) is 54.5 Å². The molecule has 39 heavy (non-hydrogen) atoms. The molecule has 0 radical (unpaired) electrons. The van der Waals surface area contributed by atoms with Gasteiger partial charge in [0.05, 0.1) is 11.2 Å². The smallest absolute Gasteiger partial charge is 0.272 e. The summed E-state index contributed by atoms with van der Waals surface area (Å²) in [4.78, 5) is 24.3. The van der Waals surface area contributed by atoms with Crippen molar-refractivity contribution < 1.29 is 13.9 Å². The molecule has 1 aliphatic heterocycles. The Balaban J connectivity index is 1.07. The van der Waals surface area contributed by atoms with Gasteiger partial charge in [-0.1, -0.05) is 12.8 Å². The average molecular weight is 545 g/mol. The molecule has 8 nitrogen and oxygen atoms in total. The number of thiazole rings is 1. The minimum atomic E-state index is -0.404. The fraction of sp³-hybridized carbons (Fsp3) is 0.379. The van der Waals surface area contributed by atoms with E-state index in [0.717, 1.165) is 48.2 Å². The zero-order valence-corrected chi connectivity index (χ0v) is 22.4. The first-order valence-electron chi connectivity index (χ1n) is 13.3. The lowest BCUT2D eigenvalue weighted by Gasteiger charge is -2.25. The Bertz CT molecular complexity index is 1520. The molecule has 200 valence electrons. The van der Waals surface area contributed by atoms with Crippen molar-refractivity contribution in [2.75, 3.05) is 13.1 Å². The summed E-state index contributed by atoms with van der Waals surface area (Å²) in [5.74, 6) is 0.757. The number of ether oxygens (including phenoxy) is 1. The van der Waals surface area contributed by atoms with Crippen molar-refractivity contribution in [1.29, 1.82) is 0 Å². The lowest BCUT2D eigenvalue weighted by molar-refractivity contribution is 0.0740. The van der Waals surface area contributed by atoms with Crippen molar-refractivity contribution in [2.24, 2.45) is 24.6 Å². The molecule has 0 spiro atoms. The van der Waals surface area contributed by atoms with Crippen LogP contribution in [0.15, 0.2) is 53.4 Å². The molecule has 10 heteroatoms. The number of benzene rings is 1. The summed E-state index contributed by atoms with van der Waals surface area (Å²) in [6.45, 7) is 1.27. The third kappa shape index (κ3) is 4.41. The summed E-state index contributed by atoms with van der Waals surface area (Å²) >= 11 is 1.50. The Morgan fingerprint density at radius 1 is 1.08 bits per heavy atom. The number of fused-ring (bicyclic) bond motifs is 1. The highest BCUT2D eigenvalue weighted by molar-refractivity contribution is 7.07. The Kier molecular flexibility index (Phi) is 5.78. The number of halogens is 1. The monoisotopic (exact) mass is 544 g/mol. The van der Waals surface area contributed by atoms with Gasteiger partial charge in [0.1, 0.15) is 29.0 Å². The number of pyridine rings is 1. The number of aromatic nitrogens is 4. The number of rotatable bonds is 6. The number of hydrogen-bond donors (Lipinski definition) is 1. The highest BCUT2D eigenvalue weighted by Gasteiger charge is 2.59. The number of likely N-dealkylation sites (tertiary alicyclic amines) is 1. The fourth-order valence-corrected chi connectivity index (χ4v) is 6.71. The highest BCUT2D eigenvalue weighted by Crippen LogP contribution is 2.48. The summed E-state index contributed by atoms with van der Waals surface area (Å²) in [6.07, 6.45) is 4.04. The lowest BCUT2D eigenvalue weighted by Crippen LogP contribution is -2.34. The normalized spacial score (nSPS) is 23.2. The minimum absolute atomic E-state index is 0.00674. The Morgan fingerprint density at radius 2 is 1.82 bits per heavy atom. The minimum Gasteiger partial charge on any atom is -0.474 e. The average Bonchev–Trinajstić information content (AvgIpc) is 3.57. The summed E-state index contributed by atoms with van der Waals surface area (Å²) in [6, 6.07) is 12.2. The van der Waals surface area contributed by atoms with E-state index in [0.29, 0.717) is 30.4 Å². The molecule has 2 aliphatic carbocycles. The molecule has 1 saturated heterocycles. The predicted octanol–water partition coefficient (Wildman–Crippen LogP) is 4.62. The van der Waals surface area contributed by atoms with Crippen LogP contribution >= 0.6 is 11.3 Å². The van der Waals surface area contributed by atoms with Gasteiger partial charge in [-0.05, 0) is 54.8 Å². The van der Waals surface area contributed by atoms with Crippen molar-refractivity contribution in [1.82, 2.24) is 24.6 Å². The molecule has 4 aromatic rings. The predicted molar refractivity (Wildman–Crippen MR) is 146 cm³/mol. The molecular formula is C29H29FN6O2S. The topological polar surface area (TPSA) is 99.2 Å². The van der Waals surface area contributed by atoms with E-state index in [1.807, 2.05) is 28.5 Å². The second-order valence-electron chi connectivity index (χ2n) is 11.0. The van der Waals surface area contributed by atoms with Gasteiger partial charge < -0.3 is 15.4 Å². The number of aryl methyl sites for hydroxylation is 1. The Morgan fingerprint density at radius 3 is 2.51 bits per heavy atom. The first-order chi connectivity index (χ1) is 18.9. The van der Waals surface area contributed by atoms with Gasteiger partial charge in [0.2, 0.25) is 5.88 Å². The summed E-state index contributed by atoms with van der Waals surface area (Å²) in [7, 11) is 1.79. The van der Waals surface area contributed by atoms with Crippen LogP contribution in [-0.4, -0.2) is 49.7 Å². The van der Waals surface area contributed by atoms with Crippen molar-refractivity contribution in [3.05, 3.63) is 70.4 Å². The number of carbonyl (C=O) groups excluding carboxylic acids is 1. The summed E-state index contributed by atoms with van der Waals surface area (Å²) < 4.78 is 21.6. The van der Waals surface area contributed by atoms with Crippen LogP contribution in [0.1, 0.15) is 41.7 Å². The maximum absolute atomic E-state index is 13.6. The number of nitrogens with zero attached hydrogens (tertiary/aromatic N) is 5. The number of nitrogens with two attached hydrogens (primary N) is 1. The van der Waals surface area contributed by atoms with Crippen molar-refractivity contribution >= 4 is 17.2 Å². The molecule has 3 fully saturated rings. The van der Waals surface area contributed by atoms with Crippen LogP contribution in [0.25, 0.3) is 22.6 Å². The molecule has 4 heterocycles. The van der Waals surface area contributed by atoms with Crippen LogP contribution in [0.3, 0.4) is 0 Å². The summed E-state index contributed by atoms with van der Waals surface area (Å²) in [5, 5.41) is 6.40. The van der Waals surface area contributed by atoms with Crippen LogP contribution in [0.4, 0.5) is 4.39 Å². The van der Waals surface area contributed by atoms with Crippen LogP contribution in [0.5, 0.6) is 5.88 Å². The quantitative estimate of drug-likeness (QED) is 0.380. The van der Waals surface area contributed by atoms with E-state index in [2.05, 4.69) is 10.1 Å². The van der Waals surface area contributed by atoms with Gasteiger partial charge in [-0.3, -0.25) is 9.48 Å². The molecule has 2 N–H and O–H groups in total. The molecule has 1 aromatic carbocycles. The maximum atomic E-state index is 13.6. The van der Waals surface area contributed by atoms with Crippen molar-refractivity contribution in [3.8, 4) is 28.5 Å². The first-order valence-corrected chi connectivity index (χ1v) is 14.3. The number of piperidine rings is 1. The van der Waals surface area contributed by atoms with E-state index >= 15 is 0 Å². The second kappa shape index (κ2) is 9.24.